The predicted octanol–water partition coefficient (Wildman–Crippen LogP) is 23.0. The van der Waals surface area contributed by atoms with Crippen molar-refractivity contribution in [2.75, 3.05) is 0 Å². The van der Waals surface area contributed by atoms with Gasteiger partial charge in [-0.1, -0.05) is 235 Å². The van der Waals surface area contributed by atoms with Crippen LogP contribution in [0.5, 0.6) is 0 Å². The quantitative estimate of drug-likeness (QED) is 0.228. The Kier molecular flexibility index (Phi) is 22.6. The van der Waals surface area contributed by atoms with Crippen molar-refractivity contribution in [1.82, 2.24) is 0 Å². The molecule has 396 valence electrons. The molecule has 0 heterocycles. The monoisotopic (exact) mass is 949 g/mol. The molecule has 0 nitrogen and oxygen atoms in total. The maximum atomic E-state index is 4.05. The maximum Gasteiger partial charge on any atom is -0.0171 e. The van der Waals surface area contributed by atoms with Crippen LogP contribution >= 0.6 is 0 Å². The highest BCUT2D eigenvalue weighted by Crippen LogP contribution is 2.72. The summed E-state index contributed by atoms with van der Waals surface area (Å²) >= 11 is 0. The van der Waals surface area contributed by atoms with E-state index in [1.807, 2.05) is 6.07 Å². The van der Waals surface area contributed by atoms with Crippen molar-refractivity contribution in [3.8, 4) is 0 Å². The first-order valence-electron chi connectivity index (χ1n) is 28.5. The summed E-state index contributed by atoms with van der Waals surface area (Å²) in [7, 11) is 0. The molecule has 0 aliphatic heterocycles. The third kappa shape index (κ3) is 19.4. The second-order valence-corrected chi connectivity index (χ2v) is 31.2. The number of rotatable bonds is 8. The Bertz CT molecular complexity index is 1770. The highest BCUT2D eigenvalue weighted by atomic mass is 14.7. The molecule has 0 radical (unpaired) electrons. The Labute approximate surface area is 434 Å². The third-order valence-corrected chi connectivity index (χ3v) is 18.6. The molecule has 0 N–H and O–H groups in total. The molecule has 6 rings (SSSR count). The van der Waals surface area contributed by atoms with Gasteiger partial charge in [-0.25, -0.2) is 0 Å². The summed E-state index contributed by atoms with van der Waals surface area (Å²) in [5.41, 5.74) is 11.9. The van der Waals surface area contributed by atoms with E-state index in [0.29, 0.717) is 48.7 Å². The van der Waals surface area contributed by atoms with Crippen molar-refractivity contribution >= 4 is 6.08 Å². The molecule has 69 heavy (non-hydrogen) atoms. The Hall–Kier alpha value is -2.08. The van der Waals surface area contributed by atoms with Gasteiger partial charge >= 0.3 is 0 Å². The van der Waals surface area contributed by atoms with Gasteiger partial charge in [0.1, 0.15) is 0 Å². The largest absolute Gasteiger partial charge is 0.0998 e. The van der Waals surface area contributed by atoms with Gasteiger partial charge < -0.3 is 0 Å². The first-order valence-corrected chi connectivity index (χ1v) is 28.5. The van der Waals surface area contributed by atoms with Gasteiger partial charge in [-0.15, -0.1) is 0 Å². The minimum Gasteiger partial charge on any atom is -0.0998 e. The number of allylic oxidation sites excluding steroid dienone is 8. The molecule has 7 atom stereocenters. The van der Waals surface area contributed by atoms with Crippen LogP contribution in [0.1, 0.15) is 269 Å². The molecule has 4 bridgehead atoms. The molecule has 0 heteroatoms. The number of benzene rings is 1. The summed E-state index contributed by atoms with van der Waals surface area (Å²) in [6.07, 6.45) is 30.2. The Morgan fingerprint density at radius 2 is 1.07 bits per heavy atom. The maximum absolute atomic E-state index is 4.05. The molecule has 0 spiro atoms. The molecule has 5 aliphatic rings. The predicted molar refractivity (Wildman–Crippen MR) is 315 cm³/mol. The molecule has 5 aliphatic carbocycles. The fourth-order valence-corrected chi connectivity index (χ4v) is 13.5. The highest BCUT2D eigenvalue weighted by Gasteiger charge is 2.64. The van der Waals surface area contributed by atoms with Crippen LogP contribution in [0.15, 0.2) is 83.5 Å². The van der Waals surface area contributed by atoms with Crippen molar-refractivity contribution in [3.63, 3.8) is 0 Å². The Morgan fingerprint density at radius 1 is 0.609 bits per heavy atom. The van der Waals surface area contributed by atoms with E-state index in [1.54, 1.807) is 5.57 Å². The number of hydrogen-bond acceptors (Lipinski definition) is 0. The number of fused-ring (bicyclic) bond motifs is 4. The van der Waals surface area contributed by atoms with Gasteiger partial charge in [0.2, 0.25) is 0 Å². The molecule has 0 aromatic heterocycles. The van der Waals surface area contributed by atoms with Crippen molar-refractivity contribution in [2.24, 2.45) is 78.3 Å². The van der Waals surface area contributed by atoms with Crippen molar-refractivity contribution in [1.29, 1.82) is 0 Å². The summed E-state index contributed by atoms with van der Waals surface area (Å²) in [6.45, 7) is 63.1. The SMILES string of the molecule is C=C(C)C1CC=C(CC(C)(C)C)CC1.CC(C)(C)C/C=C/c1ccccc1.CC(C)(C)C1CC2CCC1(C)C2(C)C.CC(C)(C)C1CC2CCC1(C)C2(C)C.CC(C)=CCC/C(C)=C/CC(C)(C)C. The van der Waals surface area contributed by atoms with Crippen LogP contribution in [0.25, 0.3) is 6.08 Å². The van der Waals surface area contributed by atoms with Crippen LogP contribution in [0.2, 0.25) is 0 Å². The standard InChI is InChI=1S/2C14H26.C14H24.C14H26.C13H18/c2*1-12(2,3)11-9-10-7-8-14(11,6)13(10,4)5;1-11(2)13-8-6-12(7-9-13)10-14(3,4)5;1-12(2)8-7-9-13(3)10-11-14(4,5)6;1-13(2,3)11-7-10-12-8-5-4-6-9-12/h2*10-11H,7-9H2,1-6H3;6,13H,1,7-10H2,2-5H3;8,10H,7,9,11H2,1-6H3;4-10H,11H2,1-3H3/b;;;13-10+;10-7+. The summed E-state index contributed by atoms with van der Waals surface area (Å²) in [5, 5.41) is 0. The third-order valence-electron chi connectivity index (χ3n) is 18.6. The summed E-state index contributed by atoms with van der Waals surface area (Å²) in [4.78, 5) is 0. The molecular weight excluding hydrogens is 829 g/mol. The molecule has 0 amide bonds. The fraction of sp³-hybridized carbons (Fsp3) is 0.768. The zero-order valence-corrected chi connectivity index (χ0v) is 51.3. The van der Waals surface area contributed by atoms with Crippen LogP contribution in [-0.2, 0) is 0 Å². The van der Waals surface area contributed by atoms with E-state index in [9.17, 15) is 0 Å². The lowest BCUT2D eigenvalue weighted by Crippen LogP contribution is -2.38. The molecule has 4 fully saturated rings. The zero-order valence-electron chi connectivity index (χ0n) is 51.3. The van der Waals surface area contributed by atoms with Crippen LogP contribution in [0.3, 0.4) is 0 Å². The first-order chi connectivity index (χ1) is 31.2. The topological polar surface area (TPSA) is 0 Å². The van der Waals surface area contributed by atoms with Crippen LogP contribution in [0.4, 0.5) is 0 Å². The smallest absolute Gasteiger partial charge is 0.0171 e. The number of hydrogen-bond donors (Lipinski definition) is 0. The lowest BCUT2D eigenvalue weighted by Gasteiger charge is -2.45. The van der Waals surface area contributed by atoms with Gasteiger partial charge in [-0.05, 0) is 201 Å². The zero-order chi connectivity index (χ0) is 53.2. The minimum atomic E-state index is 0.394. The van der Waals surface area contributed by atoms with E-state index in [4.69, 9.17) is 0 Å². The molecule has 7 unspecified atom stereocenters. The van der Waals surface area contributed by atoms with Crippen molar-refractivity contribution in [2.45, 2.75) is 263 Å². The molecule has 0 saturated heterocycles. The molecule has 1 aromatic rings. The summed E-state index contributed by atoms with van der Waals surface area (Å²) in [6, 6.07) is 10.4. The molecule has 1 aromatic carbocycles. The second kappa shape index (κ2) is 24.8. The Morgan fingerprint density at radius 3 is 1.38 bits per heavy atom. The minimum absolute atomic E-state index is 0.394. The van der Waals surface area contributed by atoms with Crippen LogP contribution in [-0.4, -0.2) is 0 Å². The fourth-order valence-electron chi connectivity index (χ4n) is 13.5. The average Bonchev–Trinajstić information content (AvgIpc) is 3.73. The van der Waals surface area contributed by atoms with E-state index in [0.717, 1.165) is 36.0 Å². The summed E-state index contributed by atoms with van der Waals surface area (Å²) in [5.74, 6) is 4.61. The van der Waals surface area contributed by atoms with Gasteiger partial charge in [-0.2, -0.15) is 0 Å². The van der Waals surface area contributed by atoms with Crippen molar-refractivity contribution in [3.05, 3.63) is 89.1 Å². The average molecular weight is 950 g/mol. The van der Waals surface area contributed by atoms with E-state index in [2.05, 4.69) is 234 Å². The van der Waals surface area contributed by atoms with E-state index < -0.39 is 0 Å². The molecule has 4 saturated carbocycles. The Balaban J connectivity index is 0.000000296. The van der Waals surface area contributed by atoms with E-state index in [1.165, 1.54) is 106 Å². The van der Waals surface area contributed by atoms with E-state index >= 15 is 0 Å². The first kappa shape index (κ1) is 63.0. The highest BCUT2D eigenvalue weighted by molar-refractivity contribution is 5.48. The van der Waals surface area contributed by atoms with Gasteiger partial charge in [-0.3, -0.25) is 0 Å². The van der Waals surface area contributed by atoms with Crippen LogP contribution < -0.4 is 0 Å². The van der Waals surface area contributed by atoms with Gasteiger partial charge in [0.05, 0.1) is 0 Å². The lowest BCUT2D eigenvalue weighted by molar-refractivity contribution is 0.0358. The van der Waals surface area contributed by atoms with Gasteiger partial charge in [0.25, 0.3) is 0 Å². The van der Waals surface area contributed by atoms with Gasteiger partial charge in [0, 0.05) is 0 Å². The van der Waals surface area contributed by atoms with Crippen LogP contribution in [0, 0.1) is 78.3 Å². The van der Waals surface area contributed by atoms with E-state index in [-0.39, 0.29) is 0 Å². The van der Waals surface area contributed by atoms with Crippen molar-refractivity contribution < 1.29 is 0 Å². The normalized spacial score (nSPS) is 28.2. The lowest BCUT2D eigenvalue weighted by atomic mass is 9.60. The van der Waals surface area contributed by atoms with Gasteiger partial charge in [0.15, 0.2) is 0 Å². The summed E-state index contributed by atoms with van der Waals surface area (Å²) < 4.78 is 0. The second-order valence-electron chi connectivity index (χ2n) is 31.2. The molecular formula is C69H120.